The van der Waals surface area contributed by atoms with Gasteiger partial charge in [-0.15, -0.1) is 0 Å². The van der Waals surface area contributed by atoms with Crippen LogP contribution in [0.5, 0.6) is 5.75 Å². The predicted molar refractivity (Wildman–Crippen MR) is 121 cm³/mol. The van der Waals surface area contributed by atoms with E-state index in [1.807, 2.05) is 12.1 Å². The minimum Gasteiger partial charge on any atom is -0.507 e. The SMILES string of the molecule is CC(=O)Nc1cc(C(=N)C(=O)Nc2ccc(C#N)cc2C(=O)O)c(O)cc1-c1ccccc1. The average molecular weight is 442 g/mol. The number of carbonyl (C=O) groups excluding carboxylic acids is 2. The molecule has 164 valence electrons. The summed E-state index contributed by atoms with van der Waals surface area (Å²) in [5.41, 5.74) is 0.305. The number of carboxylic acid groups (broad SMARTS) is 1. The number of aromatic hydroxyl groups is 1. The molecule has 0 aliphatic rings. The molecule has 3 aromatic carbocycles. The monoisotopic (exact) mass is 442 g/mol. The number of hydrogen-bond donors (Lipinski definition) is 5. The Morgan fingerprint density at radius 3 is 2.24 bits per heavy atom. The van der Waals surface area contributed by atoms with E-state index in [1.54, 1.807) is 24.3 Å². The fraction of sp³-hybridized carbons (Fsp3) is 0.0417. The number of nitrogens with zero attached hydrogens (tertiary/aromatic N) is 1. The van der Waals surface area contributed by atoms with Gasteiger partial charge in [-0.1, -0.05) is 30.3 Å². The van der Waals surface area contributed by atoms with E-state index in [-0.39, 0.29) is 39.7 Å². The van der Waals surface area contributed by atoms with Gasteiger partial charge in [0.15, 0.2) is 0 Å². The van der Waals surface area contributed by atoms with Crippen molar-refractivity contribution in [2.75, 3.05) is 10.6 Å². The molecule has 3 aromatic rings. The third-order valence-corrected chi connectivity index (χ3v) is 4.66. The van der Waals surface area contributed by atoms with E-state index >= 15 is 0 Å². The first-order valence-electron chi connectivity index (χ1n) is 9.59. The van der Waals surface area contributed by atoms with Crippen LogP contribution < -0.4 is 10.6 Å². The number of benzene rings is 3. The Hall–Kier alpha value is -4.97. The van der Waals surface area contributed by atoms with Gasteiger partial charge in [-0.3, -0.25) is 15.0 Å². The highest BCUT2D eigenvalue weighted by atomic mass is 16.4. The van der Waals surface area contributed by atoms with Gasteiger partial charge in [-0.25, -0.2) is 4.79 Å². The molecule has 0 unspecified atom stereocenters. The van der Waals surface area contributed by atoms with Crippen molar-refractivity contribution in [1.29, 1.82) is 10.7 Å². The lowest BCUT2D eigenvalue weighted by Crippen LogP contribution is -2.24. The summed E-state index contributed by atoms with van der Waals surface area (Å²) in [6, 6.07) is 17.0. The van der Waals surface area contributed by atoms with Crippen LogP contribution in [0, 0.1) is 16.7 Å². The van der Waals surface area contributed by atoms with Gasteiger partial charge in [0.1, 0.15) is 11.5 Å². The Morgan fingerprint density at radius 2 is 1.64 bits per heavy atom. The van der Waals surface area contributed by atoms with Crippen LogP contribution >= 0.6 is 0 Å². The highest BCUT2D eigenvalue weighted by molar-refractivity contribution is 6.48. The third-order valence-electron chi connectivity index (χ3n) is 4.66. The van der Waals surface area contributed by atoms with Crippen LogP contribution in [-0.2, 0) is 9.59 Å². The number of amides is 2. The molecule has 5 N–H and O–H groups in total. The molecule has 0 bridgehead atoms. The van der Waals surface area contributed by atoms with Gasteiger partial charge in [0.2, 0.25) is 5.91 Å². The minimum atomic E-state index is -1.36. The fourth-order valence-electron chi connectivity index (χ4n) is 3.14. The number of phenols is 1. The Balaban J connectivity index is 1.99. The van der Waals surface area contributed by atoms with E-state index in [1.165, 1.54) is 31.2 Å². The molecular formula is C24H18N4O5. The second-order valence-corrected chi connectivity index (χ2v) is 6.97. The molecule has 3 rings (SSSR count). The van der Waals surface area contributed by atoms with Crippen LogP contribution in [0.4, 0.5) is 11.4 Å². The Labute approximate surface area is 188 Å². The molecule has 0 aromatic heterocycles. The molecule has 0 spiro atoms. The van der Waals surface area contributed by atoms with Crippen LogP contribution in [0.1, 0.15) is 28.4 Å². The number of hydrogen-bond acceptors (Lipinski definition) is 6. The topological polar surface area (TPSA) is 163 Å². The molecule has 33 heavy (non-hydrogen) atoms. The lowest BCUT2D eigenvalue weighted by molar-refractivity contribution is -0.114. The number of anilines is 2. The number of rotatable bonds is 6. The summed E-state index contributed by atoms with van der Waals surface area (Å²) in [6.45, 7) is 1.30. The fourth-order valence-corrected chi connectivity index (χ4v) is 3.14. The molecule has 0 heterocycles. The molecule has 0 saturated carbocycles. The lowest BCUT2D eigenvalue weighted by Gasteiger charge is -2.15. The average Bonchev–Trinajstić information content (AvgIpc) is 2.79. The molecule has 0 atom stereocenters. The highest BCUT2D eigenvalue weighted by Crippen LogP contribution is 2.34. The first-order valence-corrected chi connectivity index (χ1v) is 9.59. The maximum absolute atomic E-state index is 12.7. The lowest BCUT2D eigenvalue weighted by atomic mass is 9.98. The van der Waals surface area contributed by atoms with E-state index in [9.17, 15) is 24.6 Å². The number of carbonyl (C=O) groups is 3. The number of phenolic OH excluding ortho intramolecular Hbond substituents is 1. The standard InChI is InChI=1S/C24H18N4O5/c1-13(29)27-20-10-18(21(30)11-16(20)15-5-3-2-4-6-15)22(26)23(31)28-19-8-7-14(12-25)9-17(19)24(32)33/h2-11,26,30H,1H3,(H,27,29)(H,28,31)(H,32,33). The highest BCUT2D eigenvalue weighted by Gasteiger charge is 2.21. The molecule has 2 amide bonds. The summed E-state index contributed by atoms with van der Waals surface area (Å²) in [5, 5.41) is 42.1. The predicted octanol–water partition coefficient (Wildman–Crippen LogP) is 3.59. The van der Waals surface area contributed by atoms with Gasteiger partial charge < -0.3 is 20.8 Å². The molecule has 0 fully saturated rings. The Bertz CT molecular complexity index is 1330. The quantitative estimate of drug-likeness (QED) is 0.289. The maximum atomic E-state index is 12.7. The van der Waals surface area contributed by atoms with Gasteiger partial charge in [0, 0.05) is 23.7 Å². The van der Waals surface area contributed by atoms with Crippen molar-refractivity contribution in [3.63, 3.8) is 0 Å². The third kappa shape index (κ3) is 5.03. The van der Waals surface area contributed by atoms with Crippen molar-refractivity contribution in [2.45, 2.75) is 6.92 Å². The van der Waals surface area contributed by atoms with Crippen molar-refractivity contribution in [2.24, 2.45) is 0 Å². The van der Waals surface area contributed by atoms with E-state index in [4.69, 9.17) is 10.7 Å². The summed E-state index contributed by atoms with van der Waals surface area (Å²) < 4.78 is 0. The second-order valence-electron chi connectivity index (χ2n) is 6.97. The zero-order valence-corrected chi connectivity index (χ0v) is 17.3. The zero-order chi connectivity index (χ0) is 24.1. The Kier molecular flexibility index (Phi) is 6.50. The van der Waals surface area contributed by atoms with E-state index in [2.05, 4.69) is 10.6 Å². The van der Waals surface area contributed by atoms with E-state index in [0.717, 1.165) is 6.07 Å². The second kappa shape index (κ2) is 9.45. The summed E-state index contributed by atoms with van der Waals surface area (Å²) in [4.78, 5) is 35.9. The summed E-state index contributed by atoms with van der Waals surface area (Å²) in [7, 11) is 0. The van der Waals surface area contributed by atoms with Crippen molar-refractivity contribution in [3.8, 4) is 22.9 Å². The summed E-state index contributed by atoms with van der Waals surface area (Å²) >= 11 is 0. The van der Waals surface area contributed by atoms with Crippen molar-refractivity contribution < 1.29 is 24.6 Å². The van der Waals surface area contributed by atoms with E-state index in [0.29, 0.717) is 11.1 Å². The number of aromatic carboxylic acids is 1. The van der Waals surface area contributed by atoms with E-state index < -0.39 is 17.6 Å². The van der Waals surface area contributed by atoms with Gasteiger partial charge in [0.05, 0.1) is 22.9 Å². The first kappa shape index (κ1) is 22.7. The molecule has 0 aliphatic heterocycles. The molecule has 0 saturated heterocycles. The summed E-state index contributed by atoms with van der Waals surface area (Å²) in [5.74, 6) is -3.11. The zero-order valence-electron chi connectivity index (χ0n) is 17.3. The molecule has 0 radical (unpaired) electrons. The largest absolute Gasteiger partial charge is 0.507 e. The van der Waals surface area contributed by atoms with Crippen LogP contribution in [0.3, 0.4) is 0 Å². The van der Waals surface area contributed by atoms with Gasteiger partial charge in [0.25, 0.3) is 5.91 Å². The molecule has 9 nitrogen and oxygen atoms in total. The van der Waals surface area contributed by atoms with Crippen molar-refractivity contribution in [1.82, 2.24) is 0 Å². The molecular weight excluding hydrogens is 424 g/mol. The first-order chi connectivity index (χ1) is 15.7. The van der Waals surface area contributed by atoms with Gasteiger partial charge >= 0.3 is 5.97 Å². The van der Waals surface area contributed by atoms with Crippen LogP contribution in [0.15, 0.2) is 60.7 Å². The number of carboxylic acids is 1. The number of nitriles is 1. The summed E-state index contributed by atoms with van der Waals surface area (Å²) in [6.07, 6.45) is 0. The van der Waals surface area contributed by atoms with Crippen molar-refractivity contribution >= 4 is 34.9 Å². The van der Waals surface area contributed by atoms with Crippen LogP contribution in [0.2, 0.25) is 0 Å². The Morgan fingerprint density at radius 1 is 0.939 bits per heavy atom. The normalized spacial score (nSPS) is 10.1. The van der Waals surface area contributed by atoms with Crippen LogP contribution in [0.25, 0.3) is 11.1 Å². The van der Waals surface area contributed by atoms with Gasteiger partial charge in [-0.05, 0) is 35.9 Å². The van der Waals surface area contributed by atoms with Gasteiger partial charge in [-0.2, -0.15) is 5.26 Å². The number of nitrogens with one attached hydrogen (secondary N) is 3. The maximum Gasteiger partial charge on any atom is 0.337 e. The molecule has 9 heteroatoms. The smallest absolute Gasteiger partial charge is 0.337 e. The van der Waals surface area contributed by atoms with Crippen LogP contribution in [-0.4, -0.2) is 33.7 Å². The molecule has 0 aliphatic carbocycles. The van der Waals surface area contributed by atoms with Crippen molar-refractivity contribution in [3.05, 3.63) is 77.4 Å². The minimum absolute atomic E-state index is 0.0922.